The van der Waals surface area contributed by atoms with E-state index in [9.17, 15) is 0 Å². The van der Waals surface area contributed by atoms with Crippen molar-refractivity contribution >= 4 is 33.5 Å². The van der Waals surface area contributed by atoms with Crippen molar-refractivity contribution < 1.29 is 0 Å². The zero-order valence-electron chi connectivity index (χ0n) is 7.35. The van der Waals surface area contributed by atoms with Gasteiger partial charge in [0.05, 0.1) is 0 Å². The number of rotatable bonds is 1. The normalized spacial score (nSPS) is 10.3. The molecule has 0 aliphatic carbocycles. The summed E-state index contributed by atoms with van der Waals surface area (Å²) in [5, 5.41) is 0.0671. The van der Waals surface area contributed by atoms with E-state index in [0.717, 1.165) is 10.0 Å². The minimum Gasteiger partial charge on any atom is -0.368 e. The number of aromatic nitrogens is 4. The van der Waals surface area contributed by atoms with Crippen LogP contribution in [-0.4, -0.2) is 19.9 Å². The highest BCUT2D eigenvalue weighted by atomic mass is 79.9. The van der Waals surface area contributed by atoms with Gasteiger partial charge >= 0.3 is 0 Å². The van der Waals surface area contributed by atoms with Gasteiger partial charge in [-0.25, -0.2) is 0 Å². The summed E-state index contributed by atoms with van der Waals surface area (Å²) in [4.78, 5) is 15.6. The summed E-state index contributed by atoms with van der Waals surface area (Å²) in [5.41, 5.74) is 6.18. The lowest BCUT2D eigenvalue weighted by molar-refractivity contribution is 1.07. The van der Waals surface area contributed by atoms with Gasteiger partial charge in [0.25, 0.3) is 0 Å². The van der Waals surface area contributed by atoms with Crippen molar-refractivity contribution in [2.75, 3.05) is 5.73 Å². The molecule has 0 saturated heterocycles. The van der Waals surface area contributed by atoms with Gasteiger partial charge in [0.15, 0.2) is 5.82 Å². The molecular formula is C8H5BrClN5. The molecule has 5 nitrogen and oxygen atoms in total. The maximum Gasteiger partial charge on any atom is 0.227 e. The van der Waals surface area contributed by atoms with E-state index in [4.69, 9.17) is 17.3 Å². The summed E-state index contributed by atoms with van der Waals surface area (Å²) in [6.07, 6.45) is 3.28. The maximum absolute atomic E-state index is 5.67. The predicted molar refractivity (Wildman–Crippen MR) is 60.2 cm³/mol. The Balaban J connectivity index is 2.54. The van der Waals surface area contributed by atoms with Crippen LogP contribution in [-0.2, 0) is 0 Å². The van der Waals surface area contributed by atoms with E-state index in [1.807, 2.05) is 6.07 Å². The van der Waals surface area contributed by atoms with Crippen LogP contribution in [0.25, 0.3) is 11.4 Å². The number of hydrogen-bond donors (Lipinski definition) is 1. The van der Waals surface area contributed by atoms with Gasteiger partial charge in [-0.15, -0.1) is 0 Å². The van der Waals surface area contributed by atoms with E-state index in [-0.39, 0.29) is 11.2 Å². The lowest BCUT2D eigenvalue weighted by Gasteiger charge is -2.00. The summed E-state index contributed by atoms with van der Waals surface area (Å²) in [6.45, 7) is 0. The number of halogens is 2. The molecule has 0 aliphatic rings. The molecule has 2 N–H and O–H groups in total. The van der Waals surface area contributed by atoms with E-state index in [0.29, 0.717) is 5.82 Å². The second kappa shape index (κ2) is 4.08. The van der Waals surface area contributed by atoms with Crippen molar-refractivity contribution in [2.24, 2.45) is 0 Å². The van der Waals surface area contributed by atoms with Crippen LogP contribution in [0, 0.1) is 0 Å². The third kappa shape index (κ3) is 2.40. The van der Waals surface area contributed by atoms with Gasteiger partial charge in [0, 0.05) is 22.4 Å². The molecule has 0 aliphatic heterocycles. The maximum atomic E-state index is 5.67. The van der Waals surface area contributed by atoms with E-state index >= 15 is 0 Å². The van der Waals surface area contributed by atoms with Gasteiger partial charge in [-0.3, -0.25) is 4.98 Å². The third-order valence-corrected chi connectivity index (χ3v) is 2.19. The number of nitrogens with zero attached hydrogens (tertiary/aromatic N) is 4. The molecule has 0 bridgehead atoms. The Kier molecular flexibility index (Phi) is 2.79. The van der Waals surface area contributed by atoms with Gasteiger partial charge in [-0.05, 0) is 33.6 Å². The monoisotopic (exact) mass is 285 g/mol. The van der Waals surface area contributed by atoms with Crippen molar-refractivity contribution in [3.63, 3.8) is 0 Å². The molecule has 0 unspecified atom stereocenters. The number of hydrogen-bond acceptors (Lipinski definition) is 5. The Morgan fingerprint density at radius 2 is 2.00 bits per heavy atom. The molecule has 0 fully saturated rings. The molecule has 0 saturated carbocycles. The largest absolute Gasteiger partial charge is 0.368 e. The van der Waals surface area contributed by atoms with Crippen molar-refractivity contribution in [1.82, 2.24) is 19.9 Å². The summed E-state index contributed by atoms with van der Waals surface area (Å²) < 4.78 is 0.829. The van der Waals surface area contributed by atoms with E-state index in [2.05, 4.69) is 35.9 Å². The van der Waals surface area contributed by atoms with E-state index in [1.165, 1.54) is 0 Å². The third-order valence-electron chi connectivity index (χ3n) is 1.59. The smallest absolute Gasteiger partial charge is 0.227 e. The minimum atomic E-state index is 0.0671. The van der Waals surface area contributed by atoms with Crippen LogP contribution in [0.4, 0.5) is 5.95 Å². The predicted octanol–water partition coefficient (Wildman–Crippen LogP) is 1.93. The first kappa shape index (κ1) is 10.3. The van der Waals surface area contributed by atoms with Crippen LogP contribution in [0.15, 0.2) is 22.9 Å². The first-order chi connectivity index (χ1) is 7.15. The Hall–Kier alpha value is -1.27. The zero-order valence-corrected chi connectivity index (χ0v) is 9.70. The molecule has 0 radical (unpaired) electrons. The number of anilines is 1. The van der Waals surface area contributed by atoms with Crippen molar-refractivity contribution in [2.45, 2.75) is 0 Å². The van der Waals surface area contributed by atoms with Crippen LogP contribution in [0.3, 0.4) is 0 Å². The highest BCUT2D eigenvalue weighted by Gasteiger charge is 2.05. The SMILES string of the molecule is Nc1nc(Cl)nc(-c2cncc(Br)c2)n1. The van der Waals surface area contributed by atoms with Crippen LogP contribution in [0.2, 0.25) is 5.28 Å². The average Bonchev–Trinajstić information content (AvgIpc) is 2.16. The summed E-state index contributed by atoms with van der Waals surface area (Å²) in [6, 6.07) is 1.82. The lowest BCUT2D eigenvalue weighted by atomic mass is 10.3. The van der Waals surface area contributed by atoms with Crippen molar-refractivity contribution in [3.05, 3.63) is 28.2 Å². The number of nitrogen functional groups attached to an aromatic ring is 1. The van der Waals surface area contributed by atoms with Gasteiger partial charge in [0.1, 0.15) is 0 Å². The standard InChI is InChI=1S/C8H5BrClN5/c9-5-1-4(2-12-3-5)6-13-7(10)15-8(11)14-6/h1-3H,(H2,11,13,14,15). The summed E-state index contributed by atoms with van der Waals surface area (Å²) in [5.74, 6) is 0.492. The topological polar surface area (TPSA) is 77.6 Å². The Morgan fingerprint density at radius 1 is 1.20 bits per heavy atom. The fourth-order valence-corrected chi connectivity index (χ4v) is 1.56. The molecule has 76 valence electrons. The lowest BCUT2D eigenvalue weighted by Crippen LogP contribution is -2.00. The summed E-state index contributed by atoms with van der Waals surface area (Å²) in [7, 11) is 0. The number of nitrogens with two attached hydrogens (primary N) is 1. The second-order valence-corrected chi connectivity index (χ2v) is 3.93. The van der Waals surface area contributed by atoms with Crippen molar-refractivity contribution in [3.8, 4) is 11.4 Å². The quantitative estimate of drug-likeness (QED) is 0.866. The Labute approximate surface area is 98.9 Å². The van der Waals surface area contributed by atoms with Crippen LogP contribution >= 0.6 is 27.5 Å². The molecule has 0 aromatic carbocycles. The molecule has 15 heavy (non-hydrogen) atoms. The first-order valence-electron chi connectivity index (χ1n) is 3.93. The van der Waals surface area contributed by atoms with Crippen molar-refractivity contribution in [1.29, 1.82) is 0 Å². The molecule has 0 spiro atoms. The van der Waals surface area contributed by atoms with Gasteiger partial charge in [0.2, 0.25) is 11.2 Å². The number of pyridine rings is 1. The fourth-order valence-electron chi connectivity index (χ4n) is 1.03. The average molecular weight is 287 g/mol. The fraction of sp³-hybridized carbons (Fsp3) is 0. The second-order valence-electron chi connectivity index (χ2n) is 2.68. The zero-order chi connectivity index (χ0) is 10.8. The molecule has 2 heterocycles. The van der Waals surface area contributed by atoms with Crippen LogP contribution in [0.1, 0.15) is 0 Å². The van der Waals surface area contributed by atoms with Crippen LogP contribution < -0.4 is 5.73 Å². The molecule has 0 amide bonds. The molecule has 2 aromatic heterocycles. The van der Waals surface area contributed by atoms with Gasteiger partial charge in [-0.1, -0.05) is 0 Å². The van der Waals surface area contributed by atoms with Crippen LogP contribution in [0.5, 0.6) is 0 Å². The Morgan fingerprint density at radius 3 is 2.67 bits per heavy atom. The molecule has 2 rings (SSSR count). The Bertz CT molecular complexity index is 484. The van der Waals surface area contributed by atoms with Gasteiger partial charge < -0.3 is 5.73 Å². The minimum absolute atomic E-state index is 0.0671. The molecule has 2 aromatic rings. The first-order valence-corrected chi connectivity index (χ1v) is 5.10. The van der Waals surface area contributed by atoms with Gasteiger partial charge in [-0.2, -0.15) is 15.0 Å². The van der Waals surface area contributed by atoms with E-state index < -0.39 is 0 Å². The molecule has 0 atom stereocenters. The van der Waals surface area contributed by atoms with E-state index in [1.54, 1.807) is 12.4 Å². The highest BCUT2D eigenvalue weighted by molar-refractivity contribution is 9.10. The summed E-state index contributed by atoms with van der Waals surface area (Å²) >= 11 is 8.96. The molecular weight excluding hydrogens is 281 g/mol. The highest BCUT2D eigenvalue weighted by Crippen LogP contribution is 2.19. The molecule has 7 heteroatoms.